The minimum Gasteiger partial charge on any atom is -0.432 e. The third-order valence-corrected chi connectivity index (χ3v) is 7.75. The van der Waals surface area contributed by atoms with Crippen LogP contribution >= 0.6 is 0 Å². The zero-order valence-electron chi connectivity index (χ0n) is 20.7. The van der Waals surface area contributed by atoms with Gasteiger partial charge >= 0.3 is 12.6 Å². The van der Waals surface area contributed by atoms with Crippen molar-refractivity contribution in [1.82, 2.24) is 0 Å². The molecule has 4 rings (SSSR count). The van der Waals surface area contributed by atoms with Crippen molar-refractivity contribution >= 4 is 5.97 Å². The maximum atomic E-state index is 15.1. The van der Waals surface area contributed by atoms with Crippen LogP contribution < -0.4 is 9.47 Å². The highest BCUT2D eigenvalue weighted by Crippen LogP contribution is 2.49. The van der Waals surface area contributed by atoms with Gasteiger partial charge in [0.05, 0.1) is 5.56 Å². The van der Waals surface area contributed by atoms with Crippen LogP contribution in [-0.4, -0.2) is 12.6 Å². The van der Waals surface area contributed by atoms with E-state index in [4.69, 9.17) is 4.74 Å². The molecule has 0 spiro atoms. The molecule has 0 radical (unpaired) electrons. The largest absolute Gasteiger partial charge is 0.432 e. The molecule has 8 heteroatoms. The molecule has 2 aliphatic rings. The Morgan fingerprint density at radius 3 is 2.35 bits per heavy atom. The zero-order valence-corrected chi connectivity index (χ0v) is 20.7. The molecule has 37 heavy (non-hydrogen) atoms. The number of carbonyl (C=O) groups is 1. The van der Waals surface area contributed by atoms with Gasteiger partial charge < -0.3 is 9.47 Å². The predicted octanol–water partition coefficient (Wildman–Crippen LogP) is 8.58. The first-order valence-corrected chi connectivity index (χ1v) is 12.8. The van der Waals surface area contributed by atoms with Crippen molar-refractivity contribution in [3.05, 3.63) is 71.1 Å². The van der Waals surface area contributed by atoms with Gasteiger partial charge in [-0.25, -0.2) is 18.0 Å². The number of halogens is 5. The van der Waals surface area contributed by atoms with E-state index in [1.807, 2.05) is 6.92 Å². The van der Waals surface area contributed by atoms with Crippen LogP contribution in [0.5, 0.6) is 11.5 Å². The first kappa shape index (κ1) is 27.1. The first-order valence-electron chi connectivity index (χ1n) is 12.8. The van der Waals surface area contributed by atoms with Crippen molar-refractivity contribution in [3.63, 3.8) is 0 Å². The fourth-order valence-electron chi connectivity index (χ4n) is 6.00. The highest BCUT2D eigenvalue weighted by Gasteiger charge is 2.37. The van der Waals surface area contributed by atoms with Gasteiger partial charge in [0.15, 0.2) is 11.6 Å². The fourth-order valence-corrected chi connectivity index (χ4v) is 6.00. The molecule has 0 N–H and O–H groups in total. The molecule has 4 unspecified atom stereocenters. The summed E-state index contributed by atoms with van der Waals surface area (Å²) in [4.78, 5) is 12.5. The molecule has 0 saturated heterocycles. The lowest BCUT2D eigenvalue weighted by molar-refractivity contribution is -0.0522. The number of hydrogen-bond acceptors (Lipinski definition) is 3. The second kappa shape index (κ2) is 12.1. The van der Waals surface area contributed by atoms with Gasteiger partial charge in [-0.2, -0.15) is 8.78 Å². The summed E-state index contributed by atoms with van der Waals surface area (Å²) in [5.41, 5.74) is -0.355. The third-order valence-electron chi connectivity index (χ3n) is 7.75. The summed E-state index contributed by atoms with van der Waals surface area (Å²) in [6, 6.07) is 4.49. The summed E-state index contributed by atoms with van der Waals surface area (Å²) < 4.78 is 77.6. The number of alkyl halides is 2. The summed E-state index contributed by atoms with van der Waals surface area (Å²) in [5, 5.41) is 0. The normalized spacial score (nSPS) is 23.8. The van der Waals surface area contributed by atoms with Crippen molar-refractivity contribution in [2.45, 2.75) is 70.8 Å². The van der Waals surface area contributed by atoms with Gasteiger partial charge in [-0.3, -0.25) is 0 Å². The molecule has 4 atom stereocenters. The maximum Gasteiger partial charge on any atom is 0.387 e. The minimum atomic E-state index is -3.22. The molecule has 0 heterocycles. The van der Waals surface area contributed by atoms with E-state index < -0.39 is 35.8 Å². The van der Waals surface area contributed by atoms with Crippen molar-refractivity contribution in [2.24, 2.45) is 17.8 Å². The van der Waals surface area contributed by atoms with E-state index in [9.17, 15) is 18.0 Å². The summed E-state index contributed by atoms with van der Waals surface area (Å²) in [6.07, 6.45) is 12.4. The summed E-state index contributed by atoms with van der Waals surface area (Å²) in [5.74, 6) is -3.37. The van der Waals surface area contributed by atoms with Gasteiger partial charge in [-0.15, -0.1) is 0 Å². The average Bonchev–Trinajstić information content (AvgIpc) is 2.85. The maximum absolute atomic E-state index is 15.1. The highest BCUT2D eigenvalue weighted by molar-refractivity contribution is 5.91. The van der Waals surface area contributed by atoms with Gasteiger partial charge in [-0.1, -0.05) is 18.6 Å². The number of ether oxygens (including phenoxy) is 2. The Morgan fingerprint density at radius 1 is 0.973 bits per heavy atom. The van der Waals surface area contributed by atoms with Gasteiger partial charge in [0.1, 0.15) is 17.4 Å². The van der Waals surface area contributed by atoms with Crippen molar-refractivity contribution in [2.75, 3.05) is 0 Å². The highest BCUT2D eigenvalue weighted by atomic mass is 19.3. The van der Waals surface area contributed by atoms with Crippen LogP contribution in [0, 0.1) is 35.2 Å². The first-order chi connectivity index (χ1) is 17.7. The Morgan fingerprint density at radius 2 is 1.68 bits per heavy atom. The van der Waals surface area contributed by atoms with Crippen LogP contribution in [0.4, 0.5) is 22.0 Å². The lowest BCUT2D eigenvalue weighted by Gasteiger charge is -2.42. The SMILES string of the molecule is C/C=C/CCC1CCC2CC(c3c(F)cc(C(=O)Oc4ccc(OC(F)F)c(F)c4)cc3F)CCC2C1. The van der Waals surface area contributed by atoms with E-state index in [2.05, 4.69) is 16.9 Å². The standard InChI is InChI=1S/C29H31F5O3/c1-2-3-4-5-17-6-7-19-13-20(9-8-18(19)12-17)27-24(31)14-21(15-25(27)32)28(35)36-22-10-11-26(23(30)16-22)37-29(33)34/h2-3,10-11,14-20,29H,4-9,12-13H2,1H3/b3-2+. The lowest BCUT2D eigenvalue weighted by Crippen LogP contribution is -2.31. The van der Waals surface area contributed by atoms with E-state index in [0.29, 0.717) is 30.2 Å². The molecular weight excluding hydrogens is 491 g/mol. The molecule has 2 aromatic rings. The molecule has 2 saturated carbocycles. The van der Waals surface area contributed by atoms with E-state index in [0.717, 1.165) is 56.4 Å². The Bertz CT molecular complexity index is 1110. The van der Waals surface area contributed by atoms with E-state index >= 15 is 8.78 Å². The zero-order chi connectivity index (χ0) is 26.5. The second-order valence-corrected chi connectivity index (χ2v) is 10.1. The number of rotatable bonds is 8. The molecule has 200 valence electrons. The molecular formula is C29H31F5O3. The smallest absolute Gasteiger partial charge is 0.387 e. The number of esters is 1. The third kappa shape index (κ3) is 6.70. The number of carbonyl (C=O) groups excluding carboxylic acids is 1. The van der Waals surface area contributed by atoms with E-state index in [-0.39, 0.29) is 22.8 Å². The van der Waals surface area contributed by atoms with E-state index in [1.165, 1.54) is 12.8 Å². The summed E-state index contributed by atoms with van der Waals surface area (Å²) >= 11 is 0. The van der Waals surface area contributed by atoms with E-state index in [1.54, 1.807) is 0 Å². The molecule has 2 aliphatic carbocycles. The minimum absolute atomic E-state index is 0.00440. The molecule has 0 bridgehead atoms. The van der Waals surface area contributed by atoms with Gasteiger partial charge in [-0.05, 0) is 99.8 Å². The van der Waals surface area contributed by atoms with Crippen LogP contribution in [0.3, 0.4) is 0 Å². The molecule has 0 aliphatic heterocycles. The van der Waals surface area contributed by atoms with Crippen LogP contribution in [0.15, 0.2) is 42.5 Å². The average molecular weight is 523 g/mol. The van der Waals surface area contributed by atoms with Crippen molar-refractivity contribution < 1.29 is 36.2 Å². The van der Waals surface area contributed by atoms with Crippen molar-refractivity contribution in [3.8, 4) is 11.5 Å². The molecule has 0 aromatic heterocycles. The van der Waals surface area contributed by atoms with Gasteiger partial charge in [0.25, 0.3) is 0 Å². The fraction of sp³-hybridized carbons (Fsp3) is 0.483. The molecule has 0 amide bonds. The van der Waals surface area contributed by atoms with Gasteiger partial charge in [0, 0.05) is 11.6 Å². The summed E-state index contributed by atoms with van der Waals surface area (Å²) in [6.45, 7) is -1.19. The summed E-state index contributed by atoms with van der Waals surface area (Å²) in [7, 11) is 0. The van der Waals surface area contributed by atoms with Crippen LogP contribution in [0.25, 0.3) is 0 Å². The topological polar surface area (TPSA) is 35.5 Å². The van der Waals surface area contributed by atoms with Gasteiger partial charge in [0.2, 0.25) is 0 Å². The number of allylic oxidation sites excluding steroid dienone is 2. The Kier molecular flexibility index (Phi) is 8.87. The second-order valence-electron chi connectivity index (χ2n) is 10.1. The lowest BCUT2D eigenvalue weighted by atomic mass is 9.63. The van der Waals surface area contributed by atoms with Crippen molar-refractivity contribution in [1.29, 1.82) is 0 Å². The molecule has 3 nitrogen and oxygen atoms in total. The Balaban J connectivity index is 1.40. The monoisotopic (exact) mass is 522 g/mol. The predicted molar refractivity (Wildman–Crippen MR) is 129 cm³/mol. The molecule has 2 aromatic carbocycles. The number of hydrogen-bond donors (Lipinski definition) is 0. The molecule has 2 fully saturated rings. The van der Waals surface area contributed by atoms with Crippen LogP contribution in [0.1, 0.15) is 80.1 Å². The van der Waals surface area contributed by atoms with Crippen LogP contribution in [0.2, 0.25) is 0 Å². The Labute approximate surface area is 213 Å². The number of benzene rings is 2. The Hall–Kier alpha value is -2.90. The van der Waals surface area contributed by atoms with Crippen LogP contribution in [-0.2, 0) is 0 Å². The number of fused-ring (bicyclic) bond motifs is 1. The quantitative estimate of drug-likeness (QED) is 0.151.